The first-order chi connectivity index (χ1) is 19.4. The minimum atomic E-state index is -0.570. The fraction of sp³-hybridized carbons (Fsp3) is 0.194. The average molecular weight is 543 g/mol. The third kappa shape index (κ3) is 7.97. The molecule has 0 aliphatic rings. The van der Waals surface area contributed by atoms with Crippen LogP contribution in [0.15, 0.2) is 84.9 Å². The van der Waals surface area contributed by atoms with Gasteiger partial charge in [-0.15, -0.1) is 0 Å². The van der Waals surface area contributed by atoms with E-state index in [2.05, 4.69) is 10.6 Å². The van der Waals surface area contributed by atoms with Crippen LogP contribution in [-0.4, -0.2) is 38.6 Å². The number of ether oxygens (including phenoxy) is 4. The van der Waals surface area contributed by atoms with Crippen LogP contribution in [0.1, 0.15) is 19.3 Å². The Kier molecular flexibility index (Phi) is 9.55. The Hall–Kier alpha value is -5.05. The fourth-order valence-corrected chi connectivity index (χ4v) is 3.90. The first-order valence-electron chi connectivity index (χ1n) is 12.7. The minimum Gasteiger partial charge on any atom is -0.497 e. The van der Waals surface area contributed by atoms with Gasteiger partial charge in [-0.25, -0.2) is 0 Å². The lowest BCUT2D eigenvalue weighted by molar-refractivity contribution is -0.147. The lowest BCUT2D eigenvalue weighted by atomic mass is 10.1. The van der Waals surface area contributed by atoms with E-state index in [0.29, 0.717) is 28.6 Å². The molecule has 2 amide bonds. The van der Waals surface area contributed by atoms with E-state index in [1.807, 2.05) is 42.5 Å². The van der Waals surface area contributed by atoms with E-state index in [1.54, 1.807) is 42.5 Å². The molecule has 2 N–H and O–H groups in total. The number of esters is 1. The van der Waals surface area contributed by atoms with Crippen molar-refractivity contribution in [2.24, 2.45) is 0 Å². The summed E-state index contributed by atoms with van der Waals surface area (Å²) in [7, 11) is 2.99. The van der Waals surface area contributed by atoms with Gasteiger partial charge in [-0.1, -0.05) is 30.3 Å². The normalized spacial score (nSPS) is 10.4. The predicted molar refractivity (Wildman–Crippen MR) is 152 cm³/mol. The molecule has 0 heterocycles. The molecule has 4 aromatic carbocycles. The molecule has 9 nitrogen and oxygen atoms in total. The quantitative estimate of drug-likeness (QED) is 0.213. The molecule has 0 spiro atoms. The van der Waals surface area contributed by atoms with Gasteiger partial charge in [-0.2, -0.15) is 0 Å². The maximum absolute atomic E-state index is 12.3. The third-order valence-corrected chi connectivity index (χ3v) is 5.93. The number of hydrogen-bond acceptors (Lipinski definition) is 7. The second kappa shape index (κ2) is 13.7. The highest BCUT2D eigenvalue weighted by molar-refractivity contribution is 5.94. The van der Waals surface area contributed by atoms with Gasteiger partial charge in [0.05, 0.1) is 19.9 Å². The summed E-state index contributed by atoms with van der Waals surface area (Å²) in [5.41, 5.74) is 1.04. The number of carbonyl (C=O) groups is 3. The Bertz CT molecular complexity index is 1490. The van der Waals surface area contributed by atoms with Crippen LogP contribution < -0.4 is 24.8 Å². The molecule has 9 heteroatoms. The van der Waals surface area contributed by atoms with Crippen molar-refractivity contribution in [2.75, 3.05) is 31.5 Å². The highest BCUT2D eigenvalue weighted by atomic mass is 16.5. The molecule has 0 atom stereocenters. The molecule has 40 heavy (non-hydrogen) atoms. The van der Waals surface area contributed by atoms with Crippen LogP contribution in [0.5, 0.6) is 23.0 Å². The van der Waals surface area contributed by atoms with E-state index in [-0.39, 0.29) is 25.2 Å². The molecule has 0 aromatic heterocycles. The zero-order valence-electron chi connectivity index (χ0n) is 22.3. The smallest absolute Gasteiger partial charge is 0.306 e. The van der Waals surface area contributed by atoms with Gasteiger partial charge in [0.25, 0.3) is 5.91 Å². The molecule has 0 unspecified atom stereocenters. The molecule has 0 fully saturated rings. The Morgan fingerprint density at radius 2 is 1.40 bits per heavy atom. The van der Waals surface area contributed by atoms with Crippen molar-refractivity contribution in [3.05, 3.63) is 84.9 Å². The Labute approximate surface area is 232 Å². The van der Waals surface area contributed by atoms with Gasteiger partial charge in [0.15, 0.2) is 6.61 Å². The minimum absolute atomic E-state index is 0.00505. The number of carbonyl (C=O) groups excluding carboxylic acids is 3. The Balaban J connectivity index is 1.15. The molecular weight excluding hydrogens is 512 g/mol. The Morgan fingerprint density at radius 3 is 2.15 bits per heavy atom. The third-order valence-electron chi connectivity index (χ3n) is 5.93. The second-order valence-corrected chi connectivity index (χ2v) is 8.81. The summed E-state index contributed by atoms with van der Waals surface area (Å²) in [4.78, 5) is 36.5. The summed E-state index contributed by atoms with van der Waals surface area (Å²) in [6.07, 6.45) is 0.409. The molecule has 4 aromatic rings. The van der Waals surface area contributed by atoms with Gasteiger partial charge < -0.3 is 29.6 Å². The number of amides is 2. The highest BCUT2D eigenvalue weighted by Crippen LogP contribution is 2.29. The van der Waals surface area contributed by atoms with Crippen molar-refractivity contribution in [3.63, 3.8) is 0 Å². The van der Waals surface area contributed by atoms with E-state index in [4.69, 9.17) is 18.9 Å². The monoisotopic (exact) mass is 542 g/mol. The van der Waals surface area contributed by atoms with E-state index in [9.17, 15) is 14.4 Å². The molecule has 0 aliphatic heterocycles. The van der Waals surface area contributed by atoms with Crippen molar-refractivity contribution in [3.8, 4) is 23.0 Å². The molecule has 0 saturated heterocycles. The predicted octanol–water partition coefficient (Wildman–Crippen LogP) is 5.94. The van der Waals surface area contributed by atoms with Gasteiger partial charge >= 0.3 is 5.97 Å². The number of nitrogens with one attached hydrogen (secondary N) is 2. The van der Waals surface area contributed by atoms with Crippen LogP contribution in [0.4, 0.5) is 11.4 Å². The fourth-order valence-electron chi connectivity index (χ4n) is 3.90. The topological polar surface area (TPSA) is 112 Å². The van der Waals surface area contributed by atoms with Crippen molar-refractivity contribution in [2.45, 2.75) is 19.3 Å². The number of hydrogen-bond donors (Lipinski definition) is 2. The number of benzene rings is 4. The molecule has 0 radical (unpaired) electrons. The molecule has 0 saturated carbocycles. The van der Waals surface area contributed by atoms with Crippen LogP contribution in [0.3, 0.4) is 0 Å². The number of anilines is 2. The molecular formula is C31H30N2O7. The van der Waals surface area contributed by atoms with Crippen LogP contribution in [0, 0.1) is 0 Å². The van der Waals surface area contributed by atoms with E-state index >= 15 is 0 Å². The summed E-state index contributed by atoms with van der Waals surface area (Å²) in [6.45, 7) is -0.451. The van der Waals surface area contributed by atoms with Gasteiger partial charge in [0.2, 0.25) is 5.91 Å². The van der Waals surface area contributed by atoms with Gasteiger partial charge in [0, 0.05) is 24.6 Å². The maximum Gasteiger partial charge on any atom is 0.306 e. The highest BCUT2D eigenvalue weighted by Gasteiger charge is 2.12. The molecule has 0 bridgehead atoms. The van der Waals surface area contributed by atoms with Crippen molar-refractivity contribution in [1.29, 1.82) is 0 Å². The van der Waals surface area contributed by atoms with E-state index in [1.165, 1.54) is 14.2 Å². The number of fused-ring (bicyclic) bond motifs is 1. The van der Waals surface area contributed by atoms with Crippen LogP contribution in [-0.2, 0) is 19.1 Å². The SMILES string of the molecule is COc1ccc(NC(=O)COC(=O)CCCC(=O)Nc2ccc(Oc3ccc4ccccc4c3)cc2)c(OC)c1. The van der Waals surface area contributed by atoms with Gasteiger partial charge in [-0.05, 0) is 65.7 Å². The standard InChI is InChI=1S/C31H30N2O7/c1-37-25-16-17-27(28(19-25)38-2)33-30(35)20-39-31(36)9-5-8-29(34)32-23-11-14-24(15-12-23)40-26-13-10-21-6-3-4-7-22(21)18-26/h3-4,6-7,10-19H,5,8-9,20H2,1-2H3,(H,32,34)(H,33,35). The molecule has 4 rings (SSSR count). The molecule has 206 valence electrons. The van der Waals surface area contributed by atoms with Crippen LogP contribution in [0.2, 0.25) is 0 Å². The summed E-state index contributed by atoms with van der Waals surface area (Å²) in [5, 5.41) is 7.64. The lowest BCUT2D eigenvalue weighted by Gasteiger charge is -2.12. The summed E-state index contributed by atoms with van der Waals surface area (Å²) >= 11 is 0. The van der Waals surface area contributed by atoms with Crippen LogP contribution in [0.25, 0.3) is 10.8 Å². The molecule has 0 aliphatic carbocycles. The average Bonchev–Trinajstić information content (AvgIpc) is 2.97. The van der Waals surface area contributed by atoms with E-state index in [0.717, 1.165) is 16.5 Å². The second-order valence-electron chi connectivity index (χ2n) is 8.81. The van der Waals surface area contributed by atoms with Crippen LogP contribution >= 0.6 is 0 Å². The van der Waals surface area contributed by atoms with Gasteiger partial charge in [0.1, 0.15) is 23.0 Å². The van der Waals surface area contributed by atoms with Gasteiger partial charge in [-0.3, -0.25) is 14.4 Å². The van der Waals surface area contributed by atoms with Crippen molar-refractivity contribution < 1.29 is 33.3 Å². The zero-order valence-corrected chi connectivity index (χ0v) is 22.3. The zero-order chi connectivity index (χ0) is 28.3. The largest absolute Gasteiger partial charge is 0.497 e. The number of rotatable bonds is 12. The first kappa shape index (κ1) is 28.0. The lowest BCUT2D eigenvalue weighted by Crippen LogP contribution is -2.21. The summed E-state index contributed by atoms with van der Waals surface area (Å²) < 4.78 is 21.3. The first-order valence-corrected chi connectivity index (χ1v) is 12.7. The number of methoxy groups -OCH3 is 2. The van der Waals surface area contributed by atoms with Crippen molar-refractivity contribution >= 4 is 39.9 Å². The maximum atomic E-state index is 12.3. The summed E-state index contributed by atoms with van der Waals surface area (Å²) in [5.74, 6) is 1.04. The van der Waals surface area contributed by atoms with Crippen molar-refractivity contribution in [1.82, 2.24) is 0 Å². The summed E-state index contributed by atoms with van der Waals surface area (Å²) in [6, 6.07) is 25.9. The Morgan fingerprint density at radius 1 is 0.675 bits per heavy atom. The van der Waals surface area contributed by atoms with E-state index < -0.39 is 18.5 Å².